The molecule has 0 aromatic heterocycles. The molecule has 9 nitrogen and oxygen atoms in total. The van der Waals surface area contributed by atoms with Gasteiger partial charge in [0.1, 0.15) is 11.8 Å². The highest BCUT2D eigenvalue weighted by atomic mass is 16.6. The van der Waals surface area contributed by atoms with Gasteiger partial charge in [-0.2, -0.15) is 0 Å². The van der Waals surface area contributed by atoms with E-state index in [4.69, 9.17) is 9.47 Å². The van der Waals surface area contributed by atoms with E-state index in [1.54, 1.807) is 0 Å². The average molecular weight is 415 g/mol. The van der Waals surface area contributed by atoms with E-state index < -0.39 is 11.0 Å². The fraction of sp³-hybridized carbons (Fsp3) is 0.333. The number of rotatable bonds is 10. The fourth-order valence-electron chi connectivity index (χ4n) is 2.99. The second-order valence-corrected chi connectivity index (χ2v) is 6.42. The van der Waals surface area contributed by atoms with Crippen molar-refractivity contribution < 1.29 is 24.0 Å². The van der Waals surface area contributed by atoms with E-state index in [-0.39, 0.29) is 42.2 Å². The molecule has 0 unspecified atom stereocenters. The van der Waals surface area contributed by atoms with E-state index in [1.165, 1.54) is 37.3 Å². The summed E-state index contributed by atoms with van der Waals surface area (Å²) >= 11 is 0. The lowest BCUT2D eigenvalue weighted by molar-refractivity contribution is -0.385. The molecule has 160 valence electrons. The van der Waals surface area contributed by atoms with Gasteiger partial charge in [-0.05, 0) is 18.1 Å². The van der Waals surface area contributed by atoms with Crippen LogP contribution >= 0.6 is 0 Å². The first-order chi connectivity index (χ1) is 14.4. The first-order valence-electron chi connectivity index (χ1n) is 9.41. The molecule has 0 aliphatic carbocycles. The van der Waals surface area contributed by atoms with Crippen LogP contribution < -0.4 is 14.8 Å². The zero-order valence-electron chi connectivity index (χ0n) is 17.2. The number of benzene rings is 2. The highest BCUT2D eigenvalue weighted by Gasteiger charge is 2.28. The zero-order valence-corrected chi connectivity index (χ0v) is 17.2. The summed E-state index contributed by atoms with van der Waals surface area (Å²) in [5.41, 5.74) is 0.678. The molecule has 0 radical (unpaired) electrons. The van der Waals surface area contributed by atoms with Crippen molar-refractivity contribution in [3.63, 3.8) is 0 Å². The monoisotopic (exact) mass is 415 g/mol. The number of hydrogen-bond donors (Lipinski definition) is 1. The van der Waals surface area contributed by atoms with Crippen LogP contribution in [0, 0.1) is 10.1 Å². The summed E-state index contributed by atoms with van der Waals surface area (Å²) in [5, 5.41) is 13.6. The predicted octanol–water partition coefficient (Wildman–Crippen LogP) is 2.54. The molecule has 0 bridgehead atoms. The molecule has 30 heavy (non-hydrogen) atoms. The Morgan fingerprint density at radius 3 is 2.47 bits per heavy atom. The van der Waals surface area contributed by atoms with Gasteiger partial charge in [0.15, 0.2) is 6.61 Å². The quantitative estimate of drug-likeness (QED) is 0.472. The van der Waals surface area contributed by atoms with Crippen molar-refractivity contribution in [1.82, 2.24) is 10.2 Å². The first-order valence-corrected chi connectivity index (χ1v) is 9.41. The Morgan fingerprint density at radius 2 is 1.90 bits per heavy atom. The van der Waals surface area contributed by atoms with E-state index in [1.807, 2.05) is 37.3 Å². The molecular weight excluding hydrogens is 390 g/mol. The number of methoxy groups -OCH3 is 1. The molecule has 1 N–H and O–H groups in total. The molecule has 2 aromatic rings. The number of hydrogen-bond acceptors (Lipinski definition) is 6. The molecule has 2 aromatic carbocycles. The van der Waals surface area contributed by atoms with Gasteiger partial charge in [-0.15, -0.1) is 0 Å². The van der Waals surface area contributed by atoms with Crippen LogP contribution in [-0.4, -0.2) is 48.4 Å². The Bertz CT molecular complexity index is 888. The Balaban J connectivity index is 2.19. The summed E-state index contributed by atoms with van der Waals surface area (Å²) in [6.45, 7) is 1.74. The van der Waals surface area contributed by atoms with E-state index in [9.17, 15) is 19.7 Å². The standard InChI is InChI=1S/C21H25N3O6/c1-4-17(21(26)22-2)23(13-15-8-6-5-7-9-15)20(25)14-30-16-10-11-18(24(27)28)19(12-16)29-3/h5-12,17H,4,13-14H2,1-3H3,(H,22,26)/t17-/m0/s1. The van der Waals surface area contributed by atoms with Gasteiger partial charge in [-0.3, -0.25) is 19.7 Å². The minimum Gasteiger partial charge on any atom is -0.490 e. The second kappa shape index (κ2) is 10.8. The van der Waals surface area contributed by atoms with Gasteiger partial charge in [-0.25, -0.2) is 0 Å². The number of likely N-dealkylation sites (N-methyl/N-ethyl adjacent to an activating group) is 1. The van der Waals surface area contributed by atoms with Gasteiger partial charge in [0.05, 0.1) is 12.0 Å². The van der Waals surface area contributed by atoms with Crippen molar-refractivity contribution >= 4 is 17.5 Å². The normalized spacial score (nSPS) is 11.3. The fourth-order valence-corrected chi connectivity index (χ4v) is 2.99. The Morgan fingerprint density at radius 1 is 1.20 bits per heavy atom. The van der Waals surface area contributed by atoms with Gasteiger partial charge < -0.3 is 19.7 Å². The number of nitro benzene ring substituents is 1. The van der Waals surface area contributed by atoms with E-state index in [2.05, 4.69) is 5.32 Å². The molecule has 0 fully saturated rings. The molecule has 2 amide bonds. The molecule has 0 aliphatic rings. The lowest BCUT2D eigenvalue weighted by atomic mass is 10.1. The second-order valence-electron chi connectivity index (χ2n) is 6.42. The van der Waals surface area contributed by atoms with Crippen LogP contribution in [0.3, 0.4) is 0 Å². The van der Waals surface area contributed by atoms with Gasteiger partial charge in [0, 0.05) is 25.7 Å². The Kier molecular flexibility index (Phi) is 8.16. The van der Waals surface area contributed by atoms with Crippen LogP contribution in [0.5, 0.6) is 11.5 Å². The minimum atomic E-state index is -0.655. The summed E-state index contributed by atoms with van der Waals surface area (Å²) < 4.78 is 10.6. The van der Waals surface area contributed by atoms with Crippen LogP contribution in [-0.2, 0) is 16.1 Å². The lowest BCUT2D eigenvalue weighted by Crippen LogP contribution is -2.49. The van der Waals surface area contributed by atoms with Crippen molar-refractivity contribution in [1.29, 1.82) is 0 Å². The third-order valence-electron chi connectivity index (χ3n) is 4.54. The third-order valence-corrected chi connectivity index (χ3v) is 4.54. The Labute approximate surface area is 174 Å². The van der Waals surface area contributed by atoms with E-state index >= 15 is 0 Å². The molecule has 0 aliphatic heterocycles. The van der Waals surface area contributed by atoms with Gasteiger partial charge in [0.25, 0.3) is 5.91 Å². The number of carbonyl (C=O) groups is 2. The molecule has 2 rings (SSSR count). The number of nitro groups is 1. The van der Waals surface area contributed by atoms with E-state index in [0.717, 1.165) is 5.56 Å². The minimum absolute atomic E-state index is 0.0305. The smallest absolute Gasteiger partial charge is 0.311 e. The molecule has 0 spiro atoms. The molecule has 9 heteroatoms. The van der Waals surface area contributed by atoms with E-state index in [0.29, 0.717) is 6.42 Å². The summed E-state index contributed by atoms with van der Waals surface area (Å²) in [5.74, 6) is -0.369. The Hall–Kier alpha value is -3.62. The van der Waals surface area contributed by atoms with Crippen LogP contribution in [0.1, 0.15) is 18.9 Å². The van der Waals surface area contributed by atoms with Crippen LogP contribution in [0.15, 0.2) is 48.5 Å². The number of carbonyl (C=O) groups excluding carboxylic acids is 2. The number of ether oxygens (including phenoxy) is 2. The largest absolute Gasteiger partial charge is 0.490 e. The molecular formula is C21H25N3O6. The van der Waals surface area contributed by atoms with Gasteiger partial charge >= 0.3 is 5.69 Å². The van der Waals surface area contributed by atoms with Crippen LogP contribution in [0.4, 0.5) is 5.69 Å². The van der Waals surface area contributed by atoms with Crippen molar-refractivity contribution in [3.8, 4) is 11.5 Å². The maximum atomic E-state index is 13.0. The van der Waals surface area contributed by atoms with Crippen molar-refractivity contribution in [2.45, 2.75) is 25.9 Å². The predicted molar refractivity (Wildman–Crippen MR) is 110 cm³/mol. The summed E-state index contributed by atoms with van der Waals surface area (Å²) in [6, 6.07) is 12.7. The maximum Gasteiger partial charge on any atom is 0.311 e. The van der Waals surface area contributed by atoms with Crippen molar-refractivity contribution in [2.24, 2.45) is 0 Å². The molecule has 0 saturated heterocycles. The lowest BCUT2D eigenvalue weighted by Gasteiger charge is -2.30. The zero-order chi connectivity index (χ0) is 22.1. The summed E-state index contributed by atoms with van der Waals surface area (Å²) in [6.07, 6.45) is 0.434. The third kappa shape index (κ3) is 5.69. The SMILES string of the molecule is CC[C@@H](C(=O)NC)N(Cc1ccccc1)C(=O)COc1ccc([N+](=O)[O-])c(OC)c1. The topological polar surface area (TPSA) is 111 Å². The van der Waals surface area contributed by atoms with Gasteiger partial charge in [-0.1, -0.05) is 37.3 Å². The highest BCUT2D eigenvalue weighted by Crippen LogP contribution is 2.30. The number of nitrogens with one attached hydrogen (secondary N) is 1. The molecule has 0 saturated carbocycles. The first kappa shape index (κ1) is 22.7. The number of amides is 2. The summed E-state index contributed by atoms with van der Waals surface area (Å²) in [7, 11) is 2.84. The highest BCUT2D eigenvalue weighted by molar-refractivity contribution is 5.88. The molecule has 1 atom stereocenters. The van der Waals surface area contributed by atoms with Crippen molar-refractivity contribution in [2.75, 3.05) is 20.8 Å². The van der Waals surface area contributed by atoms with Crippen LogP contribution in [0.25, 0.3) is 0 Å². The summed E-state index contributed by atoms with van der Waals surface area (Å²) in [4.78, 5) is 37.2. The van der Waals surface area contributed by atoms with Crippen molar-refractivity contribution in [3.05, 3.63) is 64.2 Å². The molecule has 0 heterocycles. The average Bonchev–Trinajstić information content (AvgIpc) is 2.77. The van der Waals surface area contributed by atoms with Gasteiger partial charge in [0.2, 0.25) is 11.7 Å². The van der Waals surface area contributed by atoms with Crippen LogP contribution in [0.2, 0.25) is 0 Å². The maximum absolute atomic E-state index is 13.0. The number of nitrogens with zero attached hydrogens (tertiary/aromatic N) is 2.